The number of hydrogen-bond acceptors (Lipinski definition) is 3. The van der Waals surface area contributed by atoms with Crippen molar-refractivity contribution in [2.75, 3.05) is 0 Å². The third-order valence-corrected chi connectivity index (χ3v) is 3.88. The van der Waals surface area contributed by atoms with Crippen molar-refractivity contribution in [1.29, 1.82) is 0 Å². The minimum atomic E-state index is -0.932. The molecule has 6 heteroatoms. The second-order valence-electron chi connectivity index (χ2n) is 4.82. The van der Waals surface area contributed by atoms with Crippen molar-refractivity contribution in [3.05, 3.63) is 28.2 Å². The van der Waals surface area contributed by atoms with Crippen LogP contribution in [0.3, 0.4) is 0 Å². The fourth-order valence-corrected chi connectivity index (χ4v) is 2.60. The van der Waals surface area contributed by atoms with Crippen molar-refractivity contribution in [3.63, 3.8) is 0 Å². The number of rotatable bonds is 4. The Hall–Kier alpha value is -1.56. The van der Waals surface area contributed by atoms with Gasteiger partial charge in [0.05, 0.1) is 17.5 Å². The number of amides is 1. The second kappa shape index (κ2) is 5.21. The smallest absolute Gasteiger partial charge is 0.305 e. The number of aromatic hydroxyl groups is 1. The first-order valence-electron chi connectivity index (χ1n) is 5.95. The van der Waals surface area contributed by atoms with Crippen LogP contribution in [-0.4, -0.2) is 27.6 Å². The molecule has 3 N–H and O–H groups in total. The first-order chi connectivity index (χ1) is 8.92. The average Bonchev–Trinajstić information content (AvgIpc) is 2.28. The van der Waals surface area contributed by atoms with Gasteiger partial charge in [-0.3, -0.25) is 9.59 Å². The maximum Gasteiger partial charge on any atom is 0.305 e. The number of halogens is 1. The lowest BCUT2D eigenvalue weighted by molar-refractivity contribution is -0.139. The van der Waals surface area contributed by atoms with Crippen LogP contribution in [0.15, 0.2) is 22.7 Å². The lowest BCUT2D eigenvalue weighted by atomic mass is 9.74. The first kappa shape index (κ1) is 13.9. The molecular weight excluding hydrogens is 314 g/mol. The molecule has 5 nitrogen and oxygen atoms in total. The third-order valence-electron chi connectivity index (χ3n) is 3.38. The quantitative estimate of drug-likeness (QED) is 0.791. The summed E-state index contributed by atoms with van der Waals surface area (Å²) in [6.45, 7) is 0. The molecule has 2 rings (SSSR count). The number of aliphatic carboxylic acids is 1. The standard InChI is InChI=1S/C13H14BrNO4/c14-8-2-3-10(16)9(6-8)12(19)15-13(4-1-5-13)7-11(17)18/h2-3,6,16H,1,4-5,7H2,(H,15,19)(H,17,18). The van der Waals surface area contributed by atoms with Crippen LogP contribution >= 0.6 is 15.9 Å². The summed E-state index contributed by atoms with van der Waals surface area (Å²) >= 11 is 3.23. The number of phenols is 1. The maximum absolute atomic E-state index is 12.1. The molecule has 1 aliphatic rings. The Kier molecular flexibility index (Phi) is 3.80. The molecule has 0 saturated heterocycles. The van der Waals surface area contributed by atoms with Crippen LogP contribution in [0.2, 0.25) is 0 Å². The van der Waals surface area contributed by atoms with Gasteiger partial charge in [-0.15, -0.1) is 0 Å². The van der Waals surface area contributed by atoms with E-state index in [0.29, 0.717) is 17.3 Å². The van der Waals surface area contributed by atoms with Gasteiger partial charge in [0.15, 0.2) is 0 Å². The molecule has 1 aromatic rings. The van der Waals surface area contributed by atoms with Crippen LogP contribution in [0, 0.1) is 0 Å². The Bertz CT molecular complexity index is 525. The minimum Gasteiger partial charge on any atom is -0.507 e. The van der Waals surface area contributed by atoms with E-state index in [1.807, 2.05) is 0 Å². The molecule has 0 unspecified atom stereocenters. The monoisotopic (exact) mass is 327 g/mol. The zero-order chi connectivity index (χ0) is 14.0. The average molecular weight is 328 g/mol. The largest absolute Gasteiger partial charge is 0.507 e. The SMILES string of the molecule is O=C(O)CC1(NC(=O)c2cc(Br)ccc2O)CCC1. The van der Waals surface area contributed by atoms with E-state index < -0.39 is 17.4 Å². The molecule has 0 aromatic heterocycles. The van der Waals surface area contributed by atoms with Gasteiger partial charge in [-0.1, -0.05) is 15.9 Å². The van der Waals surface area contributed by atoms with Crippen molar-refractivity contribution in [2.24, 2.45) is 0 Å². The molecule has 1 fully saturated rings. The Balaban J connectivity index is 2.16. The number of carbonyl (C=O) groups is 2. The fraction of sp³-hybridized carbons (Fsp3) is 0.385. The van der Waals surface area contributed by atoms with Gasteiger partial charge in [0.2, 0.25) is 0 Å². The van der Waals surface area contributed by atoms with Crippen LogP contribution in [0.5, 0.6) is 5.75 Å². The normalized spacial score (nSPS) is 16.5. The zero-order valence-electron chi connectivity index (χ0n) is 10.1. The molecule has 0 aliphatic heterocycles. The number of phenolic OH excluding ortho intramolecular Hbond substituents is 1. The highest BCUT2D eigenvalue weighted by Crippen LogP contribution is 2.35. The number of hydrogen-bond donors (Lipinski definition) is 3. The summed E-state index contributed by atoms with van der Waals surface area (Å²) in [4.78, 5) is 23.0. The highest BCUT2D eigenvalue weighted by Gasteiger charge is 2.40. The number of benzene rings is 1. The van der Waals surface area contributed by atoms with Crippen LogP contribution in [0.1, 0.15) is 36.0 Å². The van der Waals surface area contributed by atoms with Gasteiger partial charge >= 0.3 is 5.97 Å². The van der Waals surface area contributed by atoms with E-state index in [0.717, 1.165) is 6.42 Å². The van der Waals surface area contributed by atoms with E-state index in [-0.39, 0.29) is 17.7 Å². The lowest BCUT2D eigenvalue weighted by Crippen LogP contribution is -2.54. The van der Waals surface area contributed by atoms with Crippen molar-refractivity contribution in [3.8, 4) is 5.75 Å². The Labute approximate surface area is 118 Å². The predicted octanol–water partition coefficient (Wildman–Crippen LogP) is 2.28. The predicted molar refractivity (Wildman–Crippen MR) is 72.1 cm³/mol. The molecule has 0 radical (unpaired) electrons. The van der Waals surface area contributed by atoms with Crippen molar-refractivity contribution >= 4 is 27.8 Å². The number of nitrogens with one attached hydrogen (secondary N) is 1. The van der Waals surface area contributed by atoms with Crippen LogP contribution in [0.4, 0.5) is 0 Å². The van der Waals surface area contributed by atoms with Crippen LogP contribution in [-0.2, 0) is 4.79 Å². The molecule has 1 amide bonds. The molecule has 0 spiro atoms. The third kappa shape index (κ3) is 3.07. The van der Waals surface area contributed by atoms with E-state index in [4.69, 9.17) is 5.11 Å². The van der Waals surface area contributed by atoms with E-state index >= 15 is 0 Å². The molecule has 102 valence electrons. The molecule has 1 aliphatic carbocycles. The van der Waals surface area contributed by atoms with E-state index in [1.165, 1.54) is 12.1 Å². The van der Waals surface area contributed by atoms with Crippen molar-refractivity contribution in [2.45, 2.75) is 31.2 Å². The summed E-state index contributed by atoms with van der Waals surface area (Å²) in [6.07, 6.45) is 2.12. The van der Waals surface area contributed by atoms with Gasteiger partial charge in [0.25, 0.3) is 5.91 Å². The summed E-state index contributed by atoms with van der Waals surface area (Å²) in [5, 5.41) is 21.3. The number of carboxylic acid groups (broad SMARTS) is 1. The fourth-order valence-electron chi connectivity index (χ4n) is 2.24. The van der Waals surface area contributed by atoms with Crippen LogP contribution in [0.25, 0.3) is 0 Å². The number of carbonyl (C=O) groups excluding carboxylic acids is 1. The van der Waals surface area contributed by atoms with Crippen molar-refractivity contribution < 1.29 is 19.8 Å². The molecule has 1 saturated carbocycles. The highest BCUT2D eigenvalue weighted by atomic mass is 79.9. The maximum atomic E-state index is 12.1. The number of carboxylic acids is 1. The summed E-state index contributed by atoms with van der Waals surface area (Å²) in [7, 11) is 0. The highest BCUT2D eigenvalue weighted by molar-refractivity contribution is 9.10. The molecule has 1 aromatic carbocycles. The Morgan fingerprint density at radius 1 is 1.37 bits per heavy atom. The van der Waals surface area contributed by atoms with Gasteiger partial charge in [-0.25, -0.2) is 0 Å². The topological polar surface area (TPSA) is 86.6 Å². The molecule has 0 bridgehead atoms. The zero-order valence-corrected chi connectivity index (χ0v) is 11.7. The summed E-state index contributed by atoms with van der Waals surface area (Å²) in [5.41, 5.74) is -0.524. The van der Waals surface area contributed by atoms with Gasteiger partial charge in [-0.05, 0) is 37.5 Å². The summed E-state index contributed by atoms with van der Waals surface area (Å²) in [6, 6.07) is 4.56. The Morgan fingerprint density at radius 3 is 2.58 bits per heavy atom. The van der Waals surface area contributed by atoms with E-state index in [2.05, 4.69) is 21.2 Å². The van der Waals surface area contributed by atoms with Crippen molar-refractivity contribution in [1.82, 2.24) is 5.32 Å². The van der Waals surface area contributed by atoms with Gasteiger partial charge in [0, 0.05) is 4.47 Å². The summed E-state index contributed by atoms with van der Waals surface area (Å²) in [5.74, 6) is -1.50. The van der Waals surface area contributed by atoms with Gasteiger partial charge < -0.3 is 15.5 Å². The second-order valence-corrected chi connectivity index (χ2v) is 5.74. The first-order valence-corrected chi connectivity index (χ1v) is 6.74. The molecule has 19 heavy (non-hydrogen) atoms. The lowest BCUT2D eigenvalue weighted by Gasteiger charge is -2.41. The summed E-state index contributed by atoms with van der Waals surface area (Å²) < 4.78 is 0.677. The van der Waals surface area contributed by atoms with Gasteiger partial charge in [0.1, 0.15) is 5.75 Å². The molecule has 0 atom stereocenters. The molecular formula is C13H14BrNO4. The Morgan fingerprint density at radius 2 is 2.05 bits per heavy atom. The minimum absolute atomic E-state index is 0.0898. The molecule has 0 heterocycles. The van der Waals surface area contributed by atoms with E-state index in [9.17, 15) is 14.7 Å². The van der Waals surface area contributed by atoms with Crippen LogP contribution < -0.4 is 5.32 Å². The van der Waals surface area contributed by atoms with Gasteiger partial charge in [-0.2, -0.15) is 0 Å². The van der Waals surface area contributed by atoms with E-state index in [1.54, 1.807) is 6.07 Å².